The van der Waals surface area contributed by atoms with Gasteiger partial charge < -0.3 is 9.47 Å². The number of halogens is 1. The van der Waals surface area contributed by atoms with Gasteiger partial charge >= 0.3 is 0 Å². The van der Waals surface area contributed by atoms with Crippen LogP contribution in [-0.4, -0.2) is 34.0 Å². The van der Waals surface area contributed by atoms with Gasteiger partial charge in [0.25, 0.3) is 0 Å². The van der Waals surface area contributed by atoms with E-state index in [1.54, 1.807) is 18.2 Å². The Morgan fingerprint density at radius 2 is 2.00 bits per heavy atom. The van der Waals surface area contributed by atoms with E-state index in [2.05, 4.69) is 15.9 Å². The Hall–Kier alpha value is -0.590. The summed E-state index contributed by atoms with van der Waals surface area (Å²) >= 11 is 3.35. The van der Waals surface area contributed by atoms with Gasteiger partial charge in [0, 0.05) is 19.1 Å². The predicted octanol–water partition coefficient (Wildman–Crippen LogP) is 2.41. The number of hydrogen-bond acceptors (Lipinski definition) is 4. The normalized spacial score (nSPS) is 17.7. The molecule has 1 aromatic carbocycles. The summed E-state index contributed by atoms with van der Waals surface area (Å²) in [5, 5.41) is 0. The van der Waals surface area contributed by atoms with E-state index in [-0.39, 0.29) is 11.0 Å². The molecule has 18 heavy (non-hydrogen) atoms. The molecule has 0 N–H and O–H groups in total. The fourth-order valence-corrected chi connectivity index (χ4v) is 3.05. The minimum Gasteiger partial charge on any atom is -0.489 e. The standard InChI is InChI=1S/C12H15BrO4S/c1-18(14,15)10-2-3-12(11(13)8-10)17-9-4-6-16-7-5-9/h2-3,8-9H,4-7H2,1H3. The van der Waals surface area contributed by atoms with Crippen molar-refractivity contribution in [3.63, 3.8) is 0 Å². The van der Waals surface area contributed by atoms with Crippen LogP contribution in [-0.2, 0) is 14.6 Å². The lowest BCUT2D eigenvalue weighted by atomic mass is 10.1. The summed E-state index contributed by atoms with van der Waals surface area (Å²) in [4.78, 5) is 0.286. The lowest BCUT2D eigenvalue weighted by Gasteiger charge is -2.23. The molecular formula is C12H15BrO4S. The average molecular weight is 335 g/mol. The van der Waals surface area contributed by atoms with Crippen LogP contribution < -0.4 is 4.74 Å². The first-order valence-electron chi connectivity index (χ1n) is 5.71. The predicted molar refractivity (Wildman–Crippen MR) is 71.7 cm³/mol. The van der Waals surface area contributed by atoms with Gasteiger partial charge in [-0.15, -0.1) is 0 Å². The van der Waals surface area contributed by atoms with Crippen molar-refractivity contribution in [2.24, 2.45) is 0 Å². The van der Waals surface area contributed by atoms with Crippen LogP contribution in [0.25, 0.3) is 0 Å². The lowest BCUT2D eigenvalue weighted by Crippen LogP contribution is -2.26. The topological polar surface area (TPSA) is 52.6 Å². The number of hydrogen-bond donors (Lipinski definition) is 0. The molecule has 0 aromatic heterocycles. The van der Waals surface area contributed by atoms with Gasteiger partial charge in [0.15, 0.2) is 9.84 Å². The summed E-state index contributed by atoms with van der Waals surface area (Å²) in [7, 11) is -3.18. The van der Waals surface area contributed by atoms with Crippen molar-refractivity contribution in [1.29, 1.82) is 0 Å². The zero-order valence-electron chi connectivity index (χ0n) is 10.1. The highest BCUT2D eigenvalue weighted by molar-refractivity contribution is 9.10. The second kappa shape index (κ2) is 5.59. The van der Waals surface area contributed by atoms with Gasteiger partial charge in [-0.25, -0.2) is 8.42 Å². The first-order valence-corrected chi connectivity index (χ1v) is 8.39. The zero-order chi connectivity index (χ0) is 13.2. The lowest BCUT2D eigenvalue weighted by molar-refractivity contribution is 0.0252. The first kappa shape index (κ1) is 13.8. The molecule has 4 nitrogen and oxygen atoms in total. The van der Waals surface area contributed by atoms with E-state index in [0.717, 1.165) is 12.8 Å². The molecular weight excluding hydrogens is 320 g/mol. The van der Waals surface area contributed by atoms with Gasteiger partial charge in [0.1, 0.15) is 11.9 Å². The van der Waals surface area contributed by atoms with Crippen molar-refractivity contribution < 1.29 is 17.9 Å². The Kier molecular flexibility index (Phi) is 4.29. The molecule has 1 aliphatic heterocycles. The summed E-state index contributed by atoms with van der Waals surface area (Å²) in [6.07, 6.45) is 3.05. The van der Waals surface area contributed by atoms with E-state index in [9.17, 15) is 8.42 Å². The Morgan fingerprint density at radius 3 is 2.56 bits per heavy atom. The third-order valence-corrected chi connectivity index (χ3v) is 4.52. The van der Waals surface area contributed by atoms with Gasteiger partial charge in [0.05, 0.1) is 22.6 Å². The molecule has 2 rings (SSSR count). The highest BCUT2D eigenvalue weighted by atomic mass is 79.9. The van der Waals surface area contributed by atoms with Gasteiger partial charge in [-0.2, -0.15) is 0 Å². The molecule has 1 aromatic rings. The van der Waals surface area contributed by atoms with Crippen molar-refractivity contribution in [2.75, 3.05) is 19.5 Å². The maximum Gasteiger partial charge on any atom is 0.175 e. The molecule has 0 bridgehead atoms. The molecule has 0 radical (unpaired) electrons. The van der Waals surface area contributed by atoms with Crippen molar-refractivity contribution in [3.05, 3.63) is 22.7 Å². The fraction of sp³-hybridized carbons (Fsp3) is 0.500. The highest BCUT2D eigenvalue weighted by Crippen LogP contribution is 2.29. The molecule has 0 amide bonds. The van der Waals surface area contributed by atoms with Crippen LogP contribution in [0.4, 0.5) is 0 Å². The summed E-state index contributed by atoms with van der Waals surface area (Å²) in [5.74, 6) is 0.675. The largest absolute Gasteiger partial charge is 0.489 e. The van der Waals surface area contributed by atoms with E-state index in [1.807, 2.05) is 0 Å². The Morgan fingerprint density at radius 1 is 1.33 bits per heavy atom. The molecule has 1 saturated heterocycles. The minimum absolute atomic E-state index is 0.138. The zero-order valence-corrected chi connectivity index (χ0v) is 12.5. The number of benzene rings is 1. The van der Waals surface area contributed by atoms with E-state index in [4.69, 9.17) is 9.47 Å². The summed E-state index contributed by atoms with van der Waals surface area (Å²) in [6.45, 7) is 1.42. The Labute approximate surface area is 115 Å². The molecule has 1 aliphatic rings. The molecule has 0 saturated carbocycles. The summed E-state index contributed by atoms with van der Waals surface area (Å²) in [6, 6.07) is 4.83. The Balaban J connectivity index is 2.14. The first-order chi connectivity index (χ1) is 8.47. The van der Waals surface area contributed by atoms with Crippen LogP contribution in [0.5, 0.6) is 5.75 Å². The van der Waals surface area contributed by atoms with Crippen molar-refractivity contribution in [3.8, 4) is 5.75 Å². The van der Waals surface area contributed by atoms with E-state index < -0.39 is 9.84 Å². The van der Waals surface area contributed by atoms with Crippen LogP contribution in [0.15, 0.2) is 27.6 Å². The van der Waals surface area contributed by atoms with Gasteiger partial charge in [-0.05, 0) is 34.1 Å². The van der Waals surface area contributed by atoms with E-state index >= 15 is 0 Å². The number of ether oxygens (including phenoxy) is 2. The molecule has 100 valence electrons. The number of sulfone groups is 1. The van der Waals surface area contributed by atoms with Crippen molar-refractivity contribution in [2.45, 2.75) is 23.8 Å². The maximum atomic E-state index is 11.4. The summed E-state index contributed by atoms with van der Waals surface area (Å²) < 4.78 is 34.6. The fourth-order valence-electron chi connectivity index (χ4n) is 1.78. The molecule has 6 heteroatoms. The SMILES string of the molecule is CS(=O)(=O)c1ccc(OC2CCOCC2)c(Br)c1. The smallest absolute Gasteiger partial charge is 0.175 e. The number of rotatable bonds is 3. The quantitative estimate of drug-likeness (QED) is 0.851. The second-order valence-corrected chi connectivity index (χ2v) is 7.16. The van der Waals surface area contributed by atoms with Gasteiger partial charge in [0.2, 0.25) is 0 Å². The van der Waals surface area contributed by atoms with Gasteiger partial charge in [-0.3, -0.25) is 0 Å². The molecule has 1 fully saturated rings. The minimum atomic E-state index is -3.18. The van der Waals surface area contributed by atoms with Crippen LogP contribution >= 0.6 is 15.9 Å². The molecule has 0 atom stereocenters. The molecule has 0 spiro atoms. The third-order valence-electron chi connectivity index (χ3n) is 2.79. The van der Waals surface area contributed by atoms with E-state index in [0.29, 0.717) is 23.4 Å². The average Bonchev–Trinajstić information content (AvgIpc) is 2.32. The van der Waals surface area contributed by atoms with Crippen LogP contribution in [0, 0.1) is 0 Å². The van der Waals surface area contributed by atoms with Crippen LogP contribution in [0.1, 0.15) is 12.8 Å². The molecule has 0 unspecified atom stereocenters. The highest BCUT2D eigenvalue weighted by Gasteiger charge is 2.17. The second-order valence-electron chi connectivity index (χ2n) is 4.29. The molecule has 1 heterocycles. The maximum absolute atomic E-state index is 11.4. The third kappa shape index (κ3) is 3.46. The van der Waals surface area contributed by atoms with Gasteiger partial charge in [-0.1, -0.05) is 0 Å². The van der Waals surface area contributed by atoms with Crippen LogP contribution in [0.3, 0.4) is 0 Å². The van der Waals surface area contributed by atoms with Crippen LogP contribution in [0.2, 0.25) is 0 Å². The van der Waals surface area contributed by atoms with Crippen molar-refractivity contribution in [1.82, 2.24) is 0 Å². The Bertz CT molecular complexity index is 521. The summed E-state index contributed by atoms with van der Waals surface area (Å²) in [5.41, 5.74) is 0. The molecule has 0 aliphatic carbocycles. The monoisotopic (exact) mass is 334 g/mol. The van der Waals surface area contributed by atoms with Crippen molar-refractivity contribution >= 4 is 25.8 Å². The van der Waals surface area contributed by atoms with E-state index in [1.165, 1.54) is 6.26 Å².